The highest BCUT2D eigenvalue weighted by Crippen LogP contribution is 2.32. The minimum Gasteiger partial charge on any atom is -0.496 e. The highest BCUT2D eigenvalue weighted by Gasteiger charge is 2.33. The normalized spacial score (nSPS) is 14.6. The second kappa shape index (κ2) is 11.0. The number of amides is 1. The third-order valence-corrected chi connectivity index (χ3v) is 6.30. The Hall–Kier alpha value is -3.84. The molecule has 192 valence electrons. The summed E-state index contributed by atoms with van der Waals surface area (Å²) in [5, 5.41) is 3.35. The van der Waals surface area contributed by atoms with E-state index in [1.165, 1.54) is 10.5 Å². The van der Waals surface area contributed by atoms with Gasteiger partial charge < -0.3 is 19.5 Å². The number of carbonyl (C=O) groups is 1. The van der Waals surface area contributed by atoms with Gasteiger partial charge in [0.05, 0.1) is 19.4 Å². The zero-order valence-electron chi connectivity index (χ0n) is 21.8. The molecule has 0 spiro atoms. The molecule has 1 aliphatic heterocycles. The van der Waals surface area contributed by atoms with E-state index < -0.39 is 0 Å². The van der Waals surface area contributed by atoms with Gasteiger partial charge in [-0.25, -0.2) is 4.90 Å². The lowest BCUT2D eigenvalue weighted by molar-refractivity contribution is -0.113. The Morgan fingerprint density at radius 2 is 1.70 bits per heavy atom. The molecule has 0 unspecified atom stereocenters. The van der Waals surface area contributed by atoms with Gasteiger partial charge in [-0.1, -0.05) is 51.1 Å². The van der Waals surface area contributed by atoms with Crippen LogP contribution in [0, 0.1) is 0 Å². The number of nitrogens with zero attached hydrogens (tertiary/aromatic N) is 1. The molecule has 4 rings (SSSR count). The Bertz CT molecular complexity index is 1330. The van der Waals surface area contributed by atoms with Crippen LogP contribution >= 0.6 is 12.2 Å². The van der Waals surface area contributed by atoms with Crippen LogP contribution in [-0.2, 0) is 16.8 Å². The van der Waals surface area contributed by atoms with Gasteiger partial charge in [-0.15, -0.1) is 0 Å². The maximum absolute atomic E-state index is 13.3. The Labute approximate surface area is 223 Å². The molecule has 0 bridgehead atoms. The molecule has 3 aromatic rings. The number of ether oxygens (including phenoxy) is 3. The van der Waals surface area contributed by atoms with E-state index in [-0.39, 0.29) is 11.3 Å². The van der Waals surface area contributed by atoms with Crippen molar-refractivity contribution in [3.8, 4) is 17.2 Å². The Balaban J connectivity index is 1.54. The van der Waals surface area contributed by atoms with Crippen molar-refractivity contribution in [2.45, 2.75) is 39.7 Å². The van der Waals surface area contributed by atoms with Crippen LogP contribution in [0.2, 0.25) is 0 Å². The summed E-state index contributed by atoms with van der Waals surface area (Å²) < 4.78 is 17.3. The number of carbonyl (C=O) groups excluding carboxylic acids is 1. The zero-order valence-corrected chi connectivity index (χ0v) is 22.6. The molecular formula is C30H32N2O4S. The van der Waals surface area contributed by atoms with Gasteiger partial charge in [0.2, 0.25) is 0 Å². The molecule has 7 heteroatoms. The SMILES string of the molecule is CCOc1ccccc1N1C(=O)/C(=C\c2ccc(OC)c(COc3ccc(C(C)(C)C)cc3)c2)NC1=S. The van der Waals surface area contributed by atoms with Crippen LogP contribution in [-0.4, -0.2) is 24.7 Å². The number of nitrogens with one attached hydrogen (secondary N) is 1. The lowest BCUT2D eigenvalue weighted by Crippen LogP contribution is -2.30. The van der Waals surface area contributed by atoms with E-state index in [0.717, 1.165) is 16.9 Å². The van der Waals surface area contributed by atoms with E-state index in [4.69, 9.17) is 26.4 Å². The quantitative estimate of drug-likeness (QED) is 0.283. The molecule has 1 aliphatic rings. The molecule has 0 saturated carbocycles. The number of benzene rings is 3. The lowest BCUT2D eigenvalue weighted by Gasteiger charge is -2.19. The molecular weight excluding hydrogens is 484 g/mol. The van der Waals surface area contributed by atoms with Crippen molar-refractivity contribution in [1.82, 2.24) is 5.32 Å². The summed E-state index contributed by atoms with van der Waals surface area (Å²) in [5.74, 6) is 1.84. The van der Waals surface area contributed by atoms with E-state index in [2.05, 4.69) is 38.2 Å². The van der Waals surface area contributed by atoms with Gasteiger partial charge in [0.25, 0.3) is 5.91 Å². The Morgan fingerprint density at radius 3 is 2.38 bits per heavy atom. The van der Waals surface area contributed by atoms with Crippen molar-refractivity contribution in [1.29, 1.82) is 0 Å². The van der Waals surface area contributed by atoms with Crippen LogP contribution in [0.4, 0.5) is 5.69 Å². The molecule has 0 aromatic heterocycles. The van der Waals surface area contributed by atoms with Gasteiger partial charge in [0, 0.05) is 5.56 Å². The van der Waals surface area contributed by atoms with Crippen molar-refractivity contribution in [3.05, 3.63) is 89.1 Å². The number of para-hydroxylation sites is 2. The smallest absolute Gasteiger partial charge is 0.281 e. The van der Waals surface area contributed by atoms with Crippen LogP contribution in [0.3, 0.4) is 0 Å². The van der Waals surface area contributed by atoms with Gasteiger partial charge in [0.1, 0.15) is 29.6 Å². The third-order valence-electron chi connectivity index (χ3n) is 6.01. The summed E-state index contributed by atoms with van der Waals surface area (Å²) in [7, 11) is 1.63. The molecule has 1 N–H and O–H groups in total. The minimum atomic E-state index is -0.246. The molecule has 1 amide bonds. The van der Waals surface area contributed by atoms with E-state index in [9.17, 15) is 4.79 Å². The monoisotopic (exact) mass is 516 g/mol. The van der Waals surface area contributed by atoms with Crippen molar-refractivity contribution in [2.24, 2.45) is 0 Å². The number of rotatable bonds is 8. The van der Waals surface area contributed by atoms with Gasteiger partial charge in [-0.2, -0.15) is 0 Å². The summed E-state index contributed by atoms with van der Waals surface area (Å²) in [6.45, 7) is 9.25. The first kappa shape index (κ1) is 26.2. The summed E-state index contributed by atoms with van der Waals surface area (Å²) in [6, 6.07) is 21.2. The summed E-state index contributed by atoms with van der Waals surface area (Å²) in [5.41, 5.74) is 4.00. The van der Waals surface area contributed by atoms with Gasteiger partial charge in [0.15, 0.2) is 5.11 Å². The largest absolute Gasteiger partial charge is 0.496 e. The molecule has 0 aliphatic carbocycles. The molecule has 6 nitrogen and oxygen atoms in total. The van der Waals surface area contributed by atoms with E-state index >= 15 is 0 Å². The van der Waals surface area contributed by atoms with Gasteiger partial charge in [-0.05, 0) is 78.2 Å². The molecule has 3 aromatic carbocycles. The van der Waals surface area contributed by atoms with Crippen LogP contribution in [0.25, 0.3) is 6.08 Å². The Morgan fingerprint density at radius 1 is 0.973 bits per heavy atom. The van der Waals surface area contributed by atoms with E-state index in [1.807, 2.05) is 61.5 Å². The Kier molecular flexibility index (Phi) is 7.83. The topological polar surface area (TPSA) is 60.0 Å². The molecule has 1 heterocycles. The molecule has 0 radical (unpaired) electrons. The maximum atomic E-state index is 13.3. The molecule has 1 fully saturated rings. The van der Waals surface area contributed by atoms with Crippen LogP contribution in [0.1, 0.15) is 44.4 Å². The first-order chi connectivity index (χ1) is 17.7. The summed E-state index contributed by atoms with van der Waals surface area (Å²) >= 11 is 5.49. The fourth-order valence-electron chi connectivity index (χ4n) is 4.05. The summed E-state index contributed by atoms with van der Waals surface area (Å²) in [6.07, 6.45) is 1.78. The predicted octanol–water partition coefficient (Wildman–Crippen LogP) is 6.23. The van der Waals surface area contributed by atoms with Crippen molar-refractivity contribution in [3.63, 3.8) is 0 Å². The molecule has 37 heavy (non-hydrogen) atoms. The van der Waals surface area contributed by atoms with Crippen molar-refractivity contribution < 1.29 is 19.0 Å². The average Bonchev–Trinajstić information content (AvgIpc) is 3.15. The zero-order chi connectivity index (χ0) is 26.6. The standard InChI is InChI=1S/C30H32N2O4S/c1-6-35-27-10-8-7-9-25(27)32-28(33)24(31-29(32)37)18-20-11-16-26(34-5)21(17-20)19-36-23-14-12-22(13-15-23)30(2,3)4/h7-18H,6,19H2,1-5H3,(H,31,37)/b24-18+. The summed E-state index contributed by atoms with van der Waals surface area (Å²) in [4.78, 5) is 14.8. The van der Waals surface area contributed by atoms with Crippen LogP contribution < -0.4 is 24.4 Å². The minimum absolute atomic E-state index is 0.0816. The number of hydrogen-bond donors (Lipinski definition) is 1. The first-order valence-corrected chi connectivity index (χ1v) is 12.6. The number of methoxy groups -OCH3 is 1. The second-order valence-corrected chi connectivity index (χ2v) is 10.1. The fourth-order valence-corrected chi connectivity index (χ4v) is 4.34. The third kappa shape index (κ3) is 5.94. The second-order valence-electron chi connectivity index (χ2n) is 9.66. The van der Waals surface area contributed by atoms with Gasteiger partial charge >= 0.3 is 0 Å². The van der Waals surface area contributed by atoms with Crippen LogP contribution in [0.15, 0.2) is 72.4 Å². The maximum Gasteiger partial charge on any atom is 0.281 e. The number of anilines is 1. The van der Waals surface area contributed by atoms with Crippen molar-refractivity contribution in [2.75, 3.05) is 18.6 Å². The van der Waals surface area contributed by atoms with Gasteiger partial charge in [-0.3, -0.25) is 4.79 Å². The lowest BCUT2D eigenvalue weighted by atomic mass is 9.87. The highest BCUT2D eigenvalue weighted by atomic mass is 32.1. The highest BCUT2D eigenvalue weighted by molar-refractivity contribution is 7.80. The first-order valence-electron chi connectivity index (χ1n) is 12.2. The number of thiocarbonyl (C=S) groups is 1. The predicted molar refractivity (Wildman–Crippen MR) is 151 cm³/mol. The fraction of sp³-hybridized carbons (Fsp3) is 0.267. The van der Waals surface area contributed by atoms with Crippen LogP contribution in [0.5, 0.6) is 17.2 Å². The molecule has 1 saturated heterocycles. The van der Waals surface area contributed by atoms with Crippen molar-refractivity contribution >= 4 is 35.0 Å². The number of hydrogen-bond acceptors (Lipinski definition) is 5. The van der Waals surface area contributed by atoms with E-state index in [1.54, 1.807) is 13.2 Å². The average molecular weight is 517 g/mol. The molecule has 0 atom stereocenters. The van der Waals surface area contributed by atoms with E-state index in [0.29, 0.717) is 41.2 Å².